The molecule has 0 amide bonds. The number of anilines is 1. The number of aromatic nitrogens is 2. The van der Waals surface area contributed by atoms with E-state index in [0.717, 1.165) is 50.0 Å². The Bertz CT molecular complexity index is 1020. The van der Waals surface area contributed by atoms with E-state index in [9.17, 15) is 10.1 Å². The van der Waals surface area contributed by atoms with Gasteiger partial charge in [0.05, 0.1) is 18.1 Å². The first-order valence-corrected chi connectivity index (χ1v) is 9.91. The Morgan fingerprint density at radius 3 is 2.73 bits per heavy atom. The van der Waals surface area contributed by atoms with Crippen molar-refractivity contribution in [2.45, 2.75) is 6.42 Å². The largest absolute Gasteiger partial charge is 0.434 e. The van der Waals surface area contributed by atoms with Gasteiger partial charge in [0, 0.05) is 19.6 Å². The summed E-state index contributed by atoms with van der Waals surface area (Å²) >= 11 is 0. The molecule has 0 bridgehead atoms. The van der Waals surface area contributed by atoms with Crippen molar-refractivity contribution >= 4 is 22.3 Å². The second kappa shape index (κ2) is 9.47. The molecule has 1 aliphatic heterocycles. The van der Waals surface area contributed by atoms with Gasteiger partial charge >= 0.3 is 11.6 Å². The zero-order valence-corrected chi connectivity index (χ0v) is 16.5. The summed E-state index contributed by atoms with van der Waals surface area (Å²) in [4.78, 5) is 21.6. The van der Waals surface area contributed by atoms with Crippen LogP contribution in [0.5, 0.6) is 11.6 Å². The van der Waals surface area contributed by atoms with Gasteiger partial charge < -0.3 is 14.8 Å². The van der Waals surface area contributed by atoms with Crippen LogP contribution in [0.15, 0.2) is 48.8 Å². The Kier molecular flexibility index (Phi) is 6.31. The average molecular weight is 409 g/mol. The molecule has 1 saturated heterocycles. The van der Waals surface area contributed by atoms with Crippen LogP contribution in [0.3, 0.4) is 0 Å². The quantitative estimate of drug-likeness (QED) is 0.343. The van der Waals surface area contributed by atoms with Gasteiger partial charge in [0.15, 0.2) is 0 Å². The van der Waals surface area contributed by atoms with Gasteiger partial charge in [-0.2, -0.15) is 4.98 Å². The third-order valence-corrected chi connectivity index (χ3v) is 4.95. The molecule has 1 aliphatic rings. The lowest BCUT2D eigenvalue weighted by atomic mass is 10.1. The number of ether oxygens (including phenoxy) is 2. The molecule has 0 spiro atoms. The molecule has 2 aromatic carbocycles. The number of fused-ring (bicyclic) bond motifs is 1. The fourth-order valence-electron chi connectivity index (χ4n) is 3.41. The molecular formula is C21H23N5O4. The molecule has 4 rings (SSSR count). The van der Waals surface area contributed by atoms with Crippen molar-refractivity contribution in [3.05, 3.63) is 58.9 Å². The number of morpholine rings is 1. The molecule has 0 saturated carbocycles. The predicted octanol–water partition coefficient (Wildman–Crippen LogP) is 3.46. The van der Waals surface area contributed by atoms with Crippen LogP contribution in [0.25, 0.3) is 10.8 Å². The number of hydrogen-bond donors (Lipinski definition) is 1. The summed E-state index contributed by atoms with van der Waals surface area (Å²) in [6, 6.07) is 13.3. The maximum absolute atomic E-state index is 11.7. The molecule has 9 nitrogen and oxygen atoms in total. The Morgan fingerprint density at radius 2 is 1.93 bits per heavy atom. The molecule has 1 fully saturated rings. The van der Waals surface area contributed by atoms with Gasteiger partial charge in [0.25, 0.3) is 0 Å². The summed E-state index contributed by atoms with van der Waals surface area (Å²) in [5.74, 6) is 0.558. The van der Waals surface area contributed by atoms with Crippen LogP contribution < -0.4 is 10.1 Å². The number of rotatable bonds is 8. The lowest BCUT2D eigenvalue weighted by Gasteiger charge is -2.26. The van der Waals surface area contributed by atoms with E-state index in [-0.39, 0.29) is 17.4 Å². The fourth-order valence-corrected chi connectivity index (χ4v) is 3.41. The van der Waals surface area contributed by atoms with Gasteiger partial charge in [-0.1, -0.05) is 30.3 Å². The minimum atomic E-state index is -0.513. The highest BCUT2D eigenvalue weighted by atomic mass is 16.6. The Balaban J connectivity index is 1.45. The molecule has 0 atom stereocenters. The Labute approximate surface area is 173 Å². The number of nitro groups is 1. The van der Waals surface area contributed by atoms with Gasteiger partial charge in [-0.3, -0.25) is 15.0 Å². The van der Waals surface area contributed by atoms with Gasteiger partial charge in [-0.25, -0.2) is 4.98 Å². The van der Waals surface area contributed by atoms with Crippen LogP contribution in [-0.2, 0) is 4.74 Å². The SMILES string of the molecule is O=[N+]([O-])c1c(NCCCN2CCOCC2)ncnc1Oc1ccc2ccccc2c1. The van der Waals surface area contributed by atoms with E-state index in [0.29, 0.717) is 12.3 Å². The molecule has 1 N–H and O–H groups in total. The summed E-state index contributed by atoms with van der Waals surface area (Å²) in [6.07, 6.45) is 2.11. The minimum Gasteiger partial charge on any atom is -0.434 e. The highest BCUT2D eigenvalue weighted by Crippen LogP contribution is 2.34. The van der Waals surface area contributed by atoms with E-state index < -0.39 is 4.92 Å². The van der Waals surface area contributed by atoms with Crippen LogP contribution >= 0.6 is 0 Å². The molecule has 1 aromatic heterocycles. The first-order valence-electron chi connectivity index (χ1n) is 9.91. The minimum absolute atomic E-state index is 0.0824. The van der Waals surface area contributed by atoms with E-state index in [1.165, 1.54) is 6.33 Å². The normalized spacial score (nSPS) is 14.5. The van der Waals surface area contributed by atoms with E-state index >= 15 is 0 Å². The lowest BCUT2D eigenvalue weighted by Crippen LogP contribution is -2.37. The predicted molar refractivity (Wildman–Crippen MR) is 113 cm³/mol. The Morgan fingerprint density at radius 1 is 1.13 bits per heavy atom. The maximum atomic E-state index is 11.7. The lowest BCUT2D eigenvalue weighted by molar-refractivity contribution is -0.385. The third kappa shape index (κ3) is 4.81. The molecule has 2 heterocycles. The maximum Gasteiger partial charge on any atom is 0.373 e. The molecular weight excluding hydrogens is 386 g/mol. The second-order valence-corrected chi connectivity index (χ2v) is 6.98. The van der Waals surface area contributed by atoms with E-state index in [4.69, 9.17) is 9.47 Å². The van der Waals surface area contributed by atoms with E-state index in [2.05, 4.69) is 20.2 Å². The molecule has 0 aliphatic carbocycles. The number of benzene rings is 2. The second-order valence-electron chi connectivity index (χ2n) is 6.98. The highest BCUT2D eigenvalue weighted by molar-refractivity contribution is 5.83. The van der Waals surface area contributed by atoms with Crippen molar-refractivity contribution < 1.29 is 14.4 Å². The Hall–Kier alpha value is -3.30. The summed E-state index contributed by atoms with van der Waals surface area (Å²) in [5, 5.41) is 16.8. The molecule has 0 radical (unpaired) electrons. The fraction of sp³-hybridized carbons (Fsp3) is 0.333. The van der Waals surface area contributed by atoms with Crippen molar-refractivity contribution in [1.29, 1.82) is 0 Å². The summed E-state index contributed by atoms with van der Waals surface area (Å²) in [5.41, 5.74) is -0.267. The highest BCUT2D eigenvalue weighted by Gasteiger charge is 2.25. The van der Waals surface area contributed by atoms with Crippen molar-refractivity contribution in [3.63, 3.8) is 0 Å². The first-order chi connectivity index (χ1) is 14.7. The summed E-state index contributed by atoms with van der Waals surface area (Å²) in [6.45, 7) is 4.79. The molecule has 0 unspecified atom stereocenters. The van der Waals surface area contributed by atoms with Crippen LogP contribution in [-0.4, -0.2) is 59.2 Å². The van der Waals surface area contributed by atoms with Gasteiger partial charge in [-0.15, -0.1) is 0 Å². The number of hydrogen-bond acceptors (Lipinski definition) is 8. The van der Waals surface area contributed by atoms with Crippen molar-refractivity contribution in [2.75, 3.05) is 44.7 Å². The van der Waals surface area contributed by atoms with Gasteiger partial charge in [0.2, 0.25) is 5.82 Å². The molecule has 156 valence electrons. The molecule has 9 heteroatoms. The number of nitrogens with zero attached hydrogens (tertiary/aromatic N) is 4. The smallest absolute Gasteiger partial charge is 0.373 e. The van der Waals surface area contributed by atoms with Gasteiger partial charge in [0.1, 0.15) is 12.1 Å². The number of nitrogens with one attached hydrogen (secondary N) is 1. The van der Waals surface area contributed by atoms with E-state index in [1.54, 1.807) is 6.07 Å². The van der Waals surface area contributed by atoms with Crippen LogP contribution in [0.1, 0.15) is 6.42 Å². The van der Waals surface area contributed by atoms with E-state index in [1.807, 2.05) is 36.4 Å². The standard InChI is InChI=1S/C21H23N5O4/c27-26(28)19-20(22-8-3-9-25-10-12-29-13-11-25)23-15-24-21(19)30-18-7-6-16-4-1-2-5-17(16)14-18/h1-2,4-7,14-15H,3,8-13H2,(H,22,23,24). The van der Waals surface area contributed by atoms with Crippen LogP contribution in [0.2, 0.25) is 0 Å². The topological polar surface area (TPSA) is 103 Å². The van der Waals surface area contributed by atoms with Gasteiger partial charge in [-0.05, 0) is 35.9 Å². The van der Waals surface area contributed by atoms with Crippen molar-refractivity contribution in [3.8, 4) is 11.6 Å². The zero-order chi connectivity index (χ0) is 20.8. The average Bonchev–Trinajstić information content (AvgIpc) is 2.77. The summed E-state index contributed by atoms with van der Waals surface area (Å²) in [7, 11) is 0. The monoisotopic (exact) mass is 409 g/mol. The molecule has 3 aromatic rings. The summed E-state index contributed by atoms with van der Waals surface area (Å²) < 4.78 is 11.1. The van der Waals surface area contributed by atoms with Crippen molar-refractivity contribution in [2.24, 2.45) is 0 Å². The first kappa shape index (κ1) is 20.0. The van der Waals surface area contributed by atoms with Crippen LogP contribution in [0.4, 0.5) is 11.5 Å². The van der Waals surface area contributed by atoms with Crippen LogP contribution in [0, 0.1) is 10.1 Å². The van der Waals surface area contributed by atoms with Crippen molar-refractivity contribution in [1.82, 2.24) is 14.9 Å². The zero-order valence-electron chi connectivity index (χ0n) is 16.5. The third-order valence-electron chi connectivity index (χ3n) is 4.95. The molecule has 30 heavy (non-hydrogen) atoms.